The summed E-state index contributed by atoms with van der Waals surface area (Å²) >= 11 is 0. The molecule has 0 bridgehead atoms. The predicted octanol–water partition coefficient (Wildman–Crippen LogP) is 17.6. The third-order valence-electron chi connectivity index (χ3n) is 12.4. The van der Waals surface area contributed by atoms with Gasteiger partial charge >= 0.3 is 17.9 Å². The third-order valence-corrected chi connectivity index (χ3v) is 12.4. The smallest absolute Gasteiger partial charge is 0.306 e. The maximum atomic E-state index is 12.8. The Kier molecular flexibility index (Phi) is 45.2. The molecule has 0 amide bonds. The van der Waals surface area contributed by atoms with Crippen LogP contribution in [0.1, 0.15) is 298 Å². The van der Waals surface area contributed by atoms with Crippen molar-refractivity contribution in [1.82, 2.24) is 0 Å². The molecule has 6 nitrogen and oxygen atoms in total. The molecule has 1 atom stereocenters. The molecule has 61 heavy (non-hydrogen) atoms. The van der Waals surface area contributed by atoms with Gasteiger partial charge in [0.05, 0.1) is 0 Å². The van der Waals surface area contributed by atoms with Gasteiger partial charge in [-0.1, -0.05) is 260 Å². The normalized spacial score (nSPS) is 12.1. The first-order valence-electron chi connectivity index (χ1n) is 27.1. The molecule has 0 fully saturated rings. The van der Waals surface area contributed by atoms with E-state index in [-0.39, 0.29) is 31.1 Å². The molecular weight excluding hydrogens is 757 g/mol. The van der Waals surface area contributed by atoms with E-state index in [4.69, 9.17) is 14.2 Å². The Labute approximate surface area is 380 Å². The van der Waals surface area contributed by atoms with Gasteiger partial charge in [-0.05, 0) is 37.0 Å². The topological polar surface area (TPSA) is 78.9 Å². The lowest BCUT2D eigenvalue weighted by atomic mass is 10.0. The number of esters is 3. The molecule has 0 unspecified atom stereocenters. The zero-order chi connectivity index (χ0) is 44.9. The SMILES string of the molecule is CC(C)CCCCCCCCCCCCCCCCCCC(=O)OC[C@@H](COC(=O)CCCCCCCCCCC(C)C)OC(=O)CCCCCCCCCCCCC(C)C. The van der Waals surface area contributed by atoms with Gasteiger partial charge in [0.25, 0.3) is 0 Å². The van der Waals surface area contributed by atoms with Crippen molar-refractivity contribution in [3.05, 3.63) is 0 Å². The summed E-state index contributed by atoms with van der Waals surface area (Å²) in [5.41, 5.74) is 0. The zero-order valence-corrected chi connectivity index (χ0v) is 42.0. The van der Waals surface area contributed by atoms with Crippen molar-refractivity contribution in [3.8, 4) is 0 Å². The summed E-state index contributed by atoms with van der Waals surface area (Å²) in [6.45, 7) is 13.7. The largest absolute Gasteiger partial charge is 0.462 e. The summed E-state index contributed by atoms with van der Waals surface area (Å²) in [6, 6.07) is 0. The van der Waals surface area contributed by atoms with E-state index in [1.807, 2.05) is 0 Å². The van der Waals surface area contributed by atoms with Crippen LogP contribution in [0.3, 0.4) is 0 Å². The van der Waals surface area contributed by atoms with Gasteiger partial charge in [0, 0.05) is 19.3 Å². The molecule has 0 aliphatic heterocycles. The lowest BCUT2D eigenvalue weighted by Gasteiger charge is -2.18. The molecule has 0 heterocycles. The highest BCUT2D eigenvalue weighted by molar-refractivity contribution is 5.71. The number of carbonyl (C=O) groups excluding carboxylic acids is 3. The third kappa shape index (κ3) is 49.3. The fourth-order valence-electron chi connectivity index (χ4n) is 8.29. The van der Waals surface area contributed by atoms with Crippen molar-refractivity contribution in [2.45, 2.75) is 304 Å². The number of carbonyl (C=O) groups is 3. The van der Waals surface area contributed by atoms with Crippen molar-refractivity contribution in [1.29, 1.82) is 0 Å². The van der Waals surface area contributed by atoms with Crippen LogP contribution < -0.4 is 0 Å². The summed E-state index contributed by atoms with van der Waals surface area (Å²) in [5.74, 6) is 1.61. The molecule has 362 valence electrons. The minimum Gasteiger partial charge on any atom is -0.462 e. The van der Waals surface area contributed by atoms with Crippen LogP contribution in [0.4, 0.5) is 0 Å². The molecule has 0 spiro atoms. The van der Waals surface area contributed by atoms with E-state index in [1.165, 1.54) is 180 Å². The molecule has 6 heteroatoms. The lowest BCUT2D eigenvalue weighted by molar-refractivity contribution is -0.167. The van der Waals surface area contributed by atoms with Gasteiger partial charge in [-0.3, -0.25) is 14.4 Å². The van der Waals surface area contributed by atoms with Gasteiger partial charge in [-0.25, -0.2) is 0 Å². The molecular formula is C55H106O6. The fourth-order valence-corrected chi connectivity index (χ4v) is 8.29. The Bertz CT molecular complexity index is 945. The van der Waals surface area contributed by atoms with Crippen LogP contribution in [0, 0.1) is 17.8 Å². The summed E-state index contributed by atoms with van der Waals surface area (Å²) in [4.78, 5) is 38.0. The minimum atomic E-state index is -0.763. The quantitative estimate of drug-likeness (QED) is 0.0344. The maximum absolute atomic E-state index is 12.8. The van der Waals surface area contributed by atoms with E-state index >= 15 is 0 Å². The van der Waals surface area contributed by atoms with Crippen molar-refractivity contribution < 1.29 is 28.6 Å². The fraction of sp³-hybridized carbons (Fsp3) is 0.945. The summed E-state index contributed by atoms with van der Waals surface area (Å²) < 4.78 is 16.8. The van der Waals surface area contributed by atoms with Crippen LogP contribution in [0.2, 0.25) is 0 Å². The molecule has 0 rings (SSSR count). The molecule has 0 aliphatic rings. The van der Waals surface area contributed by atoms with E-state index in [2.05, 4.69) is 41.5 Å². The van der Waals surface area contributed by atoms with Crippen molar-refractivity contribution in [2.75, 3.05) is 13.2 Å². The van der Waals surface area contributed by atoms with E-state index in [1.54, 1.807) is 0 Å². The minimum absolute atomic E-state index is 0.0646. The van der Waals surface area contributed by atoms with Crippen LogP contribution in [-0.2, 0) is 28.6 Å². The van der Waals surface area contributed by atoms with E-state index in [0.29, 0.717) is 19.3 Å². The maximum Gasteiger partial charge on any atom is 0.306 e. The van der Waals surface area contributed by atoms with Gasteiger partial charge in [-0.2, -0.15) is 0 Å². The number of ether oxygens (including phenoxy) is 3. The Hall–Kier alpha value is -1.59. The summed E-state index contributed by atoms with van der Waals surface area (Å²) in [5, 5.41) is 0. The highest BCUT2D eigenvalue weighted by atomic mass is 16.6. The summed E-state index contributed by atoms with van der Waals surface area (Å²) in [6.07, 6.45) is 46.7. The highest BCUT2D eigenvalue weighted by Gasteiger charge is 2.19. The molecule has 0 aliphatic carbocycles. The Morgan fingerprint density at radius 1 is 0.279 bits per heavy atom. The van der Waals surface area contributed by atoms with Crippen molar-refractivity contribution in [3.63, 3.8) is 0 Å². The number of hydrogen-bond acceptors (Lipinski definition) is 6. The molecule has 0 saturated heterocycles. The van der Waals surface area contributed by atoms with Gasteiger partial charge < -0.3 is 14.2 Å². The average molecular weight is 863 g/mol. The number of hydrogen-bond donors (Lipinski definition) is 0. The lowest BCUT2D eigenvalue weighted by Crippen LogP contribution is -2.30. The second kappa shape index (κ2) is 46.4. The number of rotatable bonds is 48. The number of unbranched alkanes of at least 4 members (excludes halogenated alkanes) is 31. The van der Waals surface area contributed by atoms with Crippen LogP contribution in [-0.4, -0.2) is 37.2 Å². The second-order valence-electron chi connectivity index (χ2n) is 20.3. The van der Waals surface area contributed by atoms with Gasteiger partial charge in [-0.15, -0.1) is 0 Å². The van der Waals surface area contributed by atoms with Crippen molar-refractivity contribution >= 4 is 17.9 Å². The predicted molar refractivity (Wildman–Crippen MR) is 261 cm³/mol. The zero-order valence-electron chi connectivity index (χ0n) is 42.0. The van der Waals surface area contributed by atoms with Crippen molar-refractivity contribution in [2.24, 2.45) is 17.8 Å². The van der Waals surface area contributed by atoms with Gasteiger partial charge in [0.2, 0.25) is 0 Å². The Morgan fingerprint density at radius 3 is 0.705 bits per heavy atom. The van der Waals surface area contributed by atoms with Crippen LogP contribution >= 0.6 is 0 Å². The molecule has 0 aromatic heterocycles. The van der Waals surface area contributed by atoms with E-state index in [9.17, 15) is 14.4 Å². The standard InChI is InChI=1S/C55H106O6/c1-49(2)41-35-29-23-17-13-11-9-7-8-10-12-14-19-26-32-38-44-53(56)59-47-52(48-60-54(57)45-39-33-27-22-21-25-31-37-43-51(5)6)61-55(58)46-40-34-28-20-16-15-18-24-30-36-42-50(3)4/h49-52H,7-48H2,1-6H3/t52-/m0/s1. The first-order chi connectivity index (χ1) is 29.6. The summed E-state index contributed by atoms with van der Waals surface area (Å²) in [7, 11) is 0. The molecule has 0 radical (unpaired) electrons. The monoisotopic (exact) mass is 863 g/mol. The van der Waals surface area contributed by atoms with E-state index in [0.717, 1.165) is 75.5 Å². The van der Waals surface area contributed by atoms with E-state index < -0.39 is 6.10 Å². The van der Waals surface area contributed by atoms with Gasteiger partial charge in [0.1, 0.15) is 13.2 Å². The highest BCUT2D eigenvalue weighted by Crippen LogP contribution is 2.18. The first-order valence-corrected chi connectivity index (χ1v) is 27.1. The molecule has 0 saturated carbocycles. The second-order valence-corrected chi connectivity index (χ2v) is 20.3. The van der Waals surface area contributed by atoms with Crippen LogP contribution in [0.15, 0.2) is 0 Å². The Balaban J connectivity index is 4.25. The van der Waals surface area contributed by atoms with Crippen LogP contribution in [0.25, 0.3) is 0 Å². The molecule has 0 N–H and O–H groups in total. The molecule has 0 aromatic rings. The van der Waals surface area contributed by atoms with Gasteiger partial charge in [0.15, 0.2) is 6.10 Å². The molecule has 0 aromatic carbocycles. The van der Waals surface area contributed by atoms with Crippen LogP contribution in [0.5, 0.6) is 0 Å². The average Bonchev–Trinajstić information content (AvgIpc) is 3.22. The Morgan fingerprint density at radius 2 is 0.475 bits per heavy atom. The first kappa shape index (κ1) is 59.4.